The lowest BCUT2D eigenvalue weighted by molar-refractivity contribution is -0.139. The predicted octanol–water partition coefficient (Wildman–Crippen LogP) is -0.886. The Labute approximate surface area is 67.6 Å². The van der Waals surface area contributed by atoms with E-state index in [1.165, 1.54) is 0 Å². The van der Waals surface area contributed by atoms with Crippen molar-refractivity contribution in [2.45, 2.75) is 12.5 Å². The first-order chi connectivity index (χ1) is 5.61. The van der Waals surface area contributed by atoms with E-state index in [0.29, 0.717) is 0 Å². The molecule has 1 amide bonds. The molecule has 1 unspecified atom stereocenters. The summed E-state index contributed by atoms with van der Waals surface area (Å²) < 4.78 is 11.7. The Hall–Kier alpha value is -1.46. The molecule has 0 bridgehead atoms. The standard InChI is InChI=1S/C6H8FNO4/c7-2-5(10)4(8-3-9)1-6(11)12/h3-4H,1-2H2,(H,8,9)(H,11,12). The minimum absolute atomic E-state index is 0.168. The Morgan fingerprint density at radius 1 is 1.58 bits per heavy atom. The number of alkyl halides is 1. The molecule has 0 aliphatic heterocycles. The average Bonchev–Trinajstić information content (AvgIpc) is 2.01. The predicted molar refractivity (Wildman–Crippen MR) is 36.2 cm³/mol. The van der Waals surface area contributed by atoms with Crippen LogP contribution in [-0.4, -0.2) is 36.0 Å². The van der Waals surface area contributed by atoms with Gasteiger partial charge in [0.2, 0.25) is 6.41 Å². The zero-order valence-corrected chi connectivity index (χ0v) is 6.12. The summed E-state index contributed by atoms with van der Waals surface area (Å²) in [6.07, 6.45) is -0.428. The van der Waals surface area contributed by atoms with E-state index in [1.54, 1.807) is 0 Å². The molecular weight excluding hydrogens is 169 g/mol. The molecule has 0 fully saturated rings. The van der Waals surface area contributed by atoms with Crippen LogP contribution in [0.4, 0.5) is 4.39 Å². The number of amides is 1. The van der Waals surface area contributed by atoms with Gasteiger partial charge in [0.1, 0.15) is 12.7 Å². The van der Waals surface area contributed by atoms with Gasteiger partial charge in [0.15, 0.2) is 5.78 Å². The number of Topliss-reactive ketones (excluding diaryl/α,β-unsaturated/α-hetero) is 1. The van der Waals surface area contributed by atoms with Gasteiger partial charge in [0.05, 0.1) is 6.42 Å². The number of halogens is 1. The first-order valence-electron chi connectivity index (χ1n) is 3.12. The normalized spacial score (nSPS) is 11.8. The van der Waals surface area contributed by atoms with E-state index in [-0.39, 0.29) is 6.41 Å². The van der Waals surface area contributed by atoms with Crippen molar-refractivity contribution < 1.29 is 23.9 Å². The fourth-order valence-electron chi connectivity index (χ4n) is 0.616. The summed E-state index contributed by atoms with van der Waals surface area (Å²) in [5.74, 6) is -2.21. The maximum atomic E-state index is 11.7. The van der Waals surface area contributed by atoms with Gasteiger partial charge in [0, 0.05) is 0 Å². The summed E-state index contributed by atoms with van der Waals surface area (Å²) in [7, 11) is 0. The molecular formula is C6H8FNO4. The molecule has 0 spiro atoms. The molecule has 12 heavy (non-hydrogen) atoms. The van der Waals surface area contributed by atoms with Gasteiger partial charge < -0.3 is 10.4 Å². The van der Waals surface area contributed by atoms with Gasteiger partial charge in [-0.05, 0) is 0 Å². The molecule has 0 rings (SSSR count). The molecule has 0 aromatic rings. The van der Waals surface area contributed by atoms with E-state index in [0.717, 1.165) is 0 Å². The number of hydrogen-bond donors (Lipinski definition) is 2. The van der Waals surface area contributed by atoms with E-state index >= 15 is 0 Å². The lowest BCUT2D eigenvalue weighted by Crippen LogP contribution is -2.38. The lowest BCUT2D eigenvalue weighted by Gasteiger charge is -2.09. The molecule has 0 aromatic heterocycles. The number of carbonyl (C=O) groups excluding carboxylic acids is 2. The molecule has 0 aromatic carbocycles. The summed E-state index contributed by atoms with van der Waals surface area (Å²) in [5.41, 5.74) is 0. The monoisotopic (exact) mass is 177 g/mol. The first kappa shape index (κ1) is 10.5. The van der Waals surface area contributed by atoms with E-state index in [9.17, 15) is 18.8 Å². The van der Waals surface area contributed by atoms with Crippen molar-refractivity contribution >= 4 is 18.2 Å². The number of carboxylic acid groups (broad SMARTS) is 1. The fourth-order valence-corrected chi connectivity index (χ4v) is 0.616. The highest BCUT2D eigenvalue weighted by molar-refractivity contribution is 5.90. The van der Waals surface area contributed by atoms with Crippen molar-refractivity contribution in [1.29, 1.82) is 0 Å². The molecule has 1 atom stereocenters. The summed E-state index contributed by atoms with van der Waals surface area (Å²) in [5, 5.41) is 10.1. The number of rotatable bonds is 6. The highest BCUT2D eigenvalue weighted by Gasteiger charge is 2.19. The molecule has 0 saturated carbocycles. The lowest BCUT2D eigenvalue weighted by atomic mass is 10.1. The number of nitrogens with one attached hydrogen (secondary N) is 1. The summed E-state index contributed by atoms with van der Waals surface area (Å²) in [6, 6.07) is -1.26. The Kier molecular flexibility index (Phi) is 4.59. The van der Waals surface area contributed by atoms with Gasteiger partial charge in [0.25, 0.3) is 0 Å². The fraction of sp³-hybridized carbons (Fsp3) is 0.500. The minimum atomic E-state index is -1.28. The molecule has 0 radical (unpaired) electrons. The van der Waals surface area contributed by atoms with Crippen LogP contribution in [-0.2, 0) is 14.4 Å². The van der Waals surface area contributed by atoms with Gasteiger partial charge in [-0.1, -0.05) is 0 Å². The second-order valence-corrected chi connectivity index (χ2v) is 2.03. The van der Waals surface area contributed by atoms with Crippen LogP contribution in [0.25, 0.3) is 0 Å². The van der Waals surface area contributed by atoms with E-state index < -0.39 is 30.9 Å². The van der Waals surface area contributed by atoms with Crippen molar-refractivity contribution in [3.05, 3.63) is 0 Å². The van der Waals surface area contributed by atoms with E-state index in [2.05, 4.69) is 0 Å². The quantitative estimate of drug-likeness (QED) is 0.516. The molecule has 68 valence electrons. The van der Waals surface area contributed by atoms with Crippen LogP contribution in [0.3, 0.4) is 0 Å². The Bertz CT molecular complexity index is 194. The minimum Gasteiger partial charge on any atom is -0.481 e. The van der Waals surface area contributed by atoms with Gasteiger partial charge in [-0.3, -0.25) is 14.4 Å². The van der Waals surface area contributed by atoms with Crippen molar-refractivity contribution in [2.75, 3.05) is 6.67 Å². The largest absolute Gasteiger partial charge is 0.481 e. The Morgan fingerprint density at radius 2 is 2.17 bits per heavy atom. The van der Waals surface area contributed by atoms with Crippen molar-refractivity contribution in [3.63, 3.8) is 0 Å². The molecule has 6 heteroatoms. The zero-order chi connectivity index (χ0) is 9.56. The summed E-state index contributed by atoms with van der Waals surface area (Å²) in [6.45, 7) is -1.28. The third-order valence-electron chi connectivity index (χ3n) is 1.17. The second kappa shape index (κ2) is 5.22. The van der Waals surface area contributed by atoms with Gasteiger partial charge >= 0.3 is 5.97 Å². The van der Waals surface area contributed by atoms with Crippen molar-refractivity contribution in [1.82, 2.24) is 5.32 Å². The smallest absolute Gasteiger partial charge is 0.305 e. The third-order valence-corrected chi connectivity index (χ3v) is 1.17. The Balaban J connectivity index is 4.11. The summed E-state index contributed by atoms with van der Waals surface area (Å²) >= 11 is 0. The molecule has 0 heterocycles. The van der Waals surface area contributed by atoms with Crippen molar-refractivity contribution in [3.8, 4) is 0 Å². The van der Waals surface area contributed by atoms with E-state index in [4.69, 9.17) is 5.11 Å². The Morgan fingerprint density at radius 3 is 2.50 bits per heavy atom. The number of aliphatic carboxylic acids is 1. The SMILES string of the molecule is O=CNC(CC(=O)O)C(=O)CF. The maximum absolute atomic E-state index is 11.7. The topological polar surface area (TPSA) is 83.5 Å². The molecule has 0 aliphatic rings. The highest BCUT2D eigenvalue weighted by Crippen LogP contribution is 1.94. The van der Waals surface area contributed by atoms with Crippen LogP contribution in [0.15, 0.2) is 0 Å². The number of hydrogen-bond acceptors (Lipinski definition) is 3. The molecule has 0 aliphatic carbocycles. The molecule has 0 saturated heterocycles. The van der Waals surface area contributed by atoms with Crippen LogP contribution < -0.4 is 5.32 Å². The number of carbonyl (C=O) groups is 3. The number of carboxylic acids is 1. The van der Waals surface area contributed by atoms with Gasteiger partial charge in [-0.15, -0.1) is 0 Å². The summed E-state index contributed by atoms with van der Waals surface area (Å²) in [4.78, 5) is 30.5. The first-order valence-corrected chi connectivity index (χ1v) is 3.12. The van der Waals surface area contributed by atoms with Crippen LogP contribution in [0.1, 0.15) is 6.42 Å². The van der Waals surface area contributed by atoms with Crippen LogP contribution in [0.2, 0.25) is 0 Å². The molecule has 5 nitrogen and oxygen atoms in total. The average molecular weight is 177 g/mol. The zero-order valence-electron chi connectivity index (χ0n) is 6.12. The van der Waals surface area contributed by atoms with Gasteiger partial charge in [-0.25, -0.2) is 4.39 Å². The van der Waals surface area contributed by atoms with E-state index in [1.807, 2.05) is 5.32 Å². The molecule has 2 N–H and O–H groups in total. The highest BCUT2D eigenvalue weighted by atomic mass is 19.1. The van der Waals surface area contributed by atoms with Gasteiger partial charge in [-0.2, -0.15) is 0 Å². The van der Waals surface area contributed by atoms with Crippen molar-refractivity contribution in [2.24, 2.45) is 0 Å². The maximum Gasteiger partial charge on any atom is 0.305 e. The second-order valence-electron chi connectivity index (χ2n) is 2.03. The van der Waals surface area contributed by atoms with Crippen LogP contribution >= 0.6 is 0 Å². The number of ketones is 1. The van der Waals surface area contributed by atoms with Crippen LogP contribution in [0, 0.1) is 0 Å². The van der Waals surface area contributed by atoms with Crippen LogP contribution in [0.5, 0.6) is 0 Å². The third kappa shape index (κ3) is 3.65.